The maximum atomic E-state index is 10.3. The Kier molecular flexibility index (Phi) is 3.43. The van der Waals surface area contributed by atoms with Crippen molar-refractivity contribution < 1.29 is 15.3 Å². The van der Waals surface area contributed by atoms with E-state index in [1.165, 1.54) is 0 Å². The molecule has 2 aliphatic carbocycles. The molecule has 3 unspecified atom stereocenters. The molecular formula is C15H24O3. The monoisotopic (exact) mass is 252 g/mol. The topological polar surface area (TPSA) is 60.7 Å². The molecule has 102 valence electrons. The van der Waals surface area contributed by atoms with Crippen molar-refractivity contribution in [1.82, 2.24) is 0 Å². The van der Waals surface area contributed by atoms with Gasteiger partial charge in [0.15, 0.2) is 0 Å². The van der Waals surface area contributed by atoms with Gasteiger partial charge in [-0.25, -0.2) is 0 Å². The minimum Gasteiger partial charge on any atom is -0.392 e. The molecule has 1 spiro atoms. The van der Waals surface area contributed by atoms with Crippen LogP contribution in [0.2, 0.25) is 0 Å². The van der Waals surface area contributed by atoms with Crippen molar-refractivity contribution in [3.8, 4) is 0 Å². The van der Waals surface area contributed by atoms with E-state index in [-0.39, 0.29) is 17.4 Å². The average Bonchev–Trinajstić information content (AvgIpc) is 2.36. The van der Waals surface area contributed by atoms with Gasteiger partial charge in [0.1, 0.15) is 0 Å². The van der Waals surface area contributed by atoms with E-state index in [2.05, 4.69) is 26.5 Å². The van der Waals surface area contributed by atoms with Crippen LogP contribution < -0.4 is 0 Å². The van der Waals surface area contributed by atoms with Crippen LogP contribution in [0.1, 0.15) is 39.5 Å². The molecule has 18 heavy (non-hydrogen) atoms. The molecule has 0 bridgehead atoms. The van der Waals surface area contributed by atoms with E-state index in [1.807, 2.05) is 0 Å². The van der Waals surface area contributed by atoms with Gasteiger partial charge in [-0.1, -0.05) is 26.5 Å². The molecule has 0 heterocycles. The van der Waals surface area contributed by atoms with Crippen LogP contribution >= 0.6 is 0 Å². The standard InChI is InChI=1S/C15H24O3/c1-10-12(17)8-13(18)14(2,3)15(10)6-4-11(9-16)5-7-15/h4,12-13,16-18H,1,5-9H2,2-3H3. The van der Waals surface area contributed by atoms with Gasteiger partial charge in [-0.2, -0.15) is 0 Å². The third-order valence-electron chi connectivity index (χ3n) is 5.35. The smallest absolute Gasteiger partial charge is 0.0778 e. The SMILES string of the molecule is C=C1C(O)CC(O)C(C)(C)C12CC=C(CO)CC2. The van der Waals surface area contributed by atoms with Gasteiger partial charge in [-0.05, 0) is 30.4 Å². The molecule has 3 atom stereocenters. The molecular weight excluding hydrogens is 228 g/mol. The lowest BCUT2D eigenvalue weighted by molar-refractivity contribution is -0.0963. The van der Waals surface area contributed by atoms with Crippen molar-refractivity contribution in [3.05, 3.63) is 23.8 Å². The van der Waals surface area contributed by atoms with Crippen LogP contribution in [-0.2, 0) is 0 Å². The van der Waals surface area contributed by atoms with Crippen molar-refractivity contribution in [2.24, 2.45) is 10.8 Å². The molecule has 3 N–H and O–H groups in total. The maximum absolute atomic E-state index is 10.3. The largest absolute Gasteiger partial charge is 0.392 e. The molecule has 0 aromatic rings. The van der Waals surface area contributed by atoms with Crippen molar-refractivity contribution in [2.45, 2.75) is 51.7 Å². The second kappa shape index (κ2) is 4.48. The summed E-state index contributed by atoms with van der Waals surface area (Å²) in [5, 5.41) is 29.6. The van der Waals surface area contributed by atoms with Crippen LogP contribution in [-0.4, -0.2) is 34.1 Å². The van der Waals surface area contributed by atoms with Crippen LogP contribution in [0.4, 0.5) is 0 Å². The van der Waals surface area contributed by atoms with Crippen molar-refractivity contribution in [1.29, 1.82) is 0 Å². The van der Waals surface area contributed by atoms with E-state index in [1.54, 1.807) is 0 Å². The second-order valence-corrected chi connectivity index (χ2v) is 6.32. The quantitative estimate of drug-likeness (QED) is 0.623. The normalized spacial score (nSPS) is 39.8. The zero-order valence-electron chi connectivity index (χ0n) is 11.3. The van der Waals surface area contributed by atoms with Gasteiger partial charge in [0.2, 0.25) is 0 Å². The number of aliphatic hydroxyl groups excluding tert-OH is 3. The van der Waals surface area contributed by atoms with E-state index in [0.717, 1.165) is 30.4 Å². The lowest BCUT2D eigenvalue weighted by atomic mass is 9.49. The Hall–Kier alpha value is -0.640. The van der Waals surface area contributed by atoms with E-state index < -0.39 is 12.2 Å². The van der Waals surface area contributed by atoms with E-state index in [4.69, 9.17) is 0 Å². The summed E-state index contributed by atoms with van der Waals surface area (Å²) in [7, 11) is 0. The maximum Gasteiger partial charge on any atom is 0.0778 e. The summed E-state index contributed by atoms with van der Waals surface area (Å²) in [4.78, 5) is 0. The van der Waals surface area contributed by atoms with Crippen LogP contribution in [0.25, 0.3) is 0 Å². The first-order valence-corrected chi connectivity index (χ1v) is 6.69. The molecule has 3 heteroatoms. The minimum absolute atomic E-state index is 0.105. The van der Waals surface area contributed by atoms with Gasteiger partial charge in [-0.15, -0.1) is 0 Å². The van der Waals surface area contributed by atoms with Gasteiger partial charge in [0.25, 0.3) is 0 Å². The summed E-state index contributed by atoms with van der Waals surface area (Å²) in [6.45, 7) is 8.33. The third kappa shape index (κ3) is 1.77. The van der Waals surface area contributed by atoms with Crippen LogP contribution in [0.5, 0.6) is 0 Å². The summed E-state index contributed by atoms with van der Waals surface area (Å²) in [5.41, 5.74) is 1.37. The Morgan fingerprint density at radius 1 is 1.39 bits per heavy atom. The van der Waals surface area contributed by atoms with E-state index >= 15 is 0 Å². The Bertz CT molecular complexity index is 383. The fourth-order valence-electron chi connectivity index (χ4n) is 3.62. The predicted molar refractivity (Wildman–Crippen MR) is 71.0 cm³/mol. The number of allylic oxidation sites excluding steroid dienone is 1. The van der Waals surface area contributed by atoms with Crippen LogP contribution in [0.3, 0.4) is 0 Å². The fourth-order valence-corrected chi connectivity index (χ4v) is 3.62. The second-order valence-electron chi connectivity index (χ2n) is 6.32. The highest BCUT2D eigenvalue weighted by Crippen LogP contribution is 2.59. The molecule has 0 saturated heterocycles. The summed E-state index contributed by atoms with van der Waals surface area (Å²) >= 11 is 0. The van der Waals surface area contributed by atoms with Gasteiger partial charge in [0.05, 0.1) is 18.8 Å². The molecule has 1 saturated carbocycles. The Labute approximate surface area is 109 Å². The van der Waals surface area contributed by atoms with E-state index in [0.29, 0.717) is 6.42 Å². The lowest BCUT2D eigenvalue weighted by Gasteiger charge is -2.56. The lowest BCUT2D eigenvalue weighted by Crippen LogP contribution is -2.55. The minimum atomic E-state index is -0.614. The fraction of sp³-hybridized carbons (Fsp3) is 0.733. The summed E-state index contributed by atoms with van der Waals surface area (Å²) in [6.07, 6.45) is 3.73. The molecule has 0 aromatic carbocycles. The van der Waals surface area contributed by atoms with Crippen molar-refractivity contribution in [2.75, 3.05) is 6.61 Å². The highest BCUT2D eigenvalue weighted by atomic mass is 16.3. The molecule has 0 amide bonds. The predicted octanol–water partition coefficient (Wildman–Crippen LogP) is 1.78. The van der Waals surface area contributed by atoms with Crippen LogP contribution in [0, 0.1) is 10.8 Å². The number of rotatable bonds is 1. The van der Waals surface area contributed by atoms with Gasteiger partial charge < -0.3 is 15.3 Å². The summed E-state index contributed by atoms with van der Waals surface area (Å²) < 4.78 is 0. The third-order valence-corrected chi connectivity index (χ3v) is 5.35. The molecule has 0 radical (unpaired) electrons. The molecule has 0 aliphatic heterocycles. The number of hydrogen-bond donors (Lipinski definition) is 3. The zero-order valence-corrected chi connectivity index (χ0v) is 11.3. The number of aliphatic hydroxyl groups is 3. The number of hydrogen-bond acceptors (Lipinski definition) is 3. The molecule has 1 fully saturated rings. The van der Waals surface area contributed by atoms with Gasteiger partial charge in [0, 0.05) is 17.3 Å². The zero-order chi connectivity index (χ0) is 13.6. The molecule has 0 aromatic heterocycles. The summed E-state index contributed by atoms with van der Waals surface area (Å²) in [5.74, 6) is 0. The molecule has 2 aliphatic rings. The Morgan fingerprint density at radius 2 is 2.06 bits per heavy atom. The first kappa shape index (κ1) is 13.8. The van der Waals surface area contributed by atoms with E-state index in [9.17, 15) is 15.3 Å². The van der Waals surface area contributed by atoms with Gasteiger partial charge in [-0.3, -0.25) is 0 Å². The van der Waals surface area contributed by atoms with Crippen molar-refractivity contribution >= 4 is 0 Å². The highest BCUT2D eigenvalue weighted by Gasteiger charge is 2.55. The van der Waals surface area contributed by atoms with Gasteiger partial charge >= 0.3 is 0 Å². The molecule has 3 nitrogen and oxygen atoms in total. The van der Waals surface area contributed by atoms with Crippen LogP contribution in [0.15, 0.2) is 23.8 Å². The Balaban J connectivity index is 2.39. The Morgan fingerprint density at radius 3 is 2.56 bits per heavy atom. The average molecular weight is 252 g/mol. The highest BCUT2D eigenvalue weighted by molar-refractivity contribution is 5.29. The first-order chi connectivity index (χ1) is 8.35. The van der Waals surface area contributed by atoms with Crippen molar-refractivity contribution in [3.63, 3.8) is 0 Å². The molecule has 2 rings (SSSR count). The summed E-state index contributed by atoms with van der Waals surface area (Å²) in [6, 6.07) is 0. The first-order valence-electron chi connectivity index (χ1n) is 6.69.